The number of nitrogens with zero attached hydrogens (tertiary/aromatic N) is 5. The Kier molecular flexibility index (Phi) is 6.52. The van der Waals surface area contributed by atoms with Crippen LogP contribution in [0.1, 0.15) is 29.9 Å². The van der Waals surface area contributed by atoms with E-state index < -0.39 is 0 Å². The van der Waals surface area contributed by atoms with Gasteiger partial charge in [0, 0.05) is 22.5 Å². The molecule has 1 fully saturated rings. The van der Waals surface area contributed by atoms with Crippen LogP contribution in [0.4, 0.5) is 10.8 Å². The fourth-order valence-electron chi connectivity index (χ4n) is 3.87. The Morgan fingerprint density at radius 3 is 2.59 bits per heavy atom. The van der Waals surface area contributed by atoms with Crippen LogP contribution in [0, 0.1) is 6.92 Å². The second-order valence-corrected chi connectivity index (χ2v) is 9.73. The first-order valence-corrected chi connectivity index (χ1v) is 12.7. The van der Waals surface area contributed by atoms with Crippen LogP contribution in [0.25, 0.3) is 5.69 Å². The highest BCUT2D eigenvalue weighted by atomic mass is 32.2. The maximum absolute atomic E-state index is 4.78. The number of thioether (sulfide) groups is 1. The Balaban J connectivity index is 1.32. The average molecular weight is 463 g/mol. The van der Waals surface area contributed by atoms with Crippen molar-refractivity contribution in [2.75, 3.05) is 18.4 Å². The largest absolute Gasteiger partial charge is 0.331 e. The highest BCUT2D eigenvalue weighted by molar-refractivity contribution is 7.98. The number of hydrogen-bond donors (Lipinski definition) is 1. The summed E-state index contributed by atoms with van der Waals surface area (Å²) in [6.45, 7) is 5.21. The van der Waals surface area contributed by atoms with E-state index in [9.17, 15) is 0 Å². The summed E-state index contributed by atoms with van der Waals surface area (Å²) in [5.41, 5.74) is 4.45. The zero-order valence-corrected chi connectivity index (χ0v) is 19.7. The minimum Gasteiger partial charge on any atom is -0.331 e. The molecular weight excluding hydrogens is 436 g/mol. The number of nitrogens with one attached hydrogen (secondary N) is 1. The topological polar surface area (TPSA) is 58.9 Å². The van der Waals surface area contributed by atoms with E-state index in [2.05, 4.69) is 73.7 Å². The van der Waals surface area contributed by atoms with Crippen LogP contribution in [-0.2, 0) is 12.3 Å². The first-order chi connectivity index (χ1) is 15.8. The number of benzene rings is 2. The lowest BCUT2D eigenvalue weighted by atomic mass is 10.2. The van der Waals surface area contributed by atoms with Gasteiger partial charge in [0.25, 0.3) is 0 Å². The zero-order valence-electron chi connectivity index (χ0n) is 18.1. The number of thiazole rings is 1. The van der Waals surface area contributed by atoms with Crippen LogP contribution in [0.3, 0.4) is 0 Å². The highest BCUT2D eigenvalue weighted by Gasteiger charge is 2.19. The molecule has 164 valence electrons. The lowest BCUT2D eigenvalue weighted by Gasteiger charge is -2.15. The Morgan fingerprint density at radius 1 is 1.00 bits per heavy atom. The second-order valence-electron chi connectivity index (χ2n) is 7.93. The van der Waals surface area contributed by atoms with E-state index in [1.807, 2.05) is 18.2 Å². The Morgan fingerprint density at radius 2 is 1.78 bits per heavy atom. The minimum absolute atomic E-state index is 0.751. The SMILES string of the molecule is Cc1ccccc1Nc1nc(CSc2nnc(CN3CCCC3)n2-c2ccccc2)cs1. The normalized spacial score (nSPS) is 14.2. The third-order valence-electron chi connectivity index (χ3n) is 5.57. The predicted octanol–water partition coefficient (Wildman–Crippen LogP) is 5.66. The smallest absolute Gasteiger partial charge is 0.196 e. The van der Waals surface area contributed by atoms with Gasteiger partial charge in [0.05, 0.1) is 12.2 Å². The van der Waals surface area contributed by atoms with Crippen molar-refractivity contribution in [1.82, 2.24) is 24.6 Å². The first-order valence-electron chi connectivity index (χ1n) is 10.9. The Hall–Kier alpha value is -2.68. The number of likely N-dealkylation sites (tertiary alicyclic amines) is 1. The molecule has 0 saturated carbocycles. The van der Waals surface area contributed by atoms with Crippen LogP contribution >= 0.6 is 23.1 Å². The van der Waals surface area contributed by atoms with Crippen molar-refractivity contribution in [3.63, 3.8) is 0 Å². The van der Waals surface area contributed by atoms with Gasteiger partial charge in [-0.15, -0.1) is 21.5 Å². The number of para-hydroxylation sites is 2. The summed E-state index contributed by atoms with van der Waals surface area (Å²) in [7, 11) is 0. The van der Waals surface area contributed by atoms with Gasteiger partial charge < -0.3 is 5.32 Å². The predicted molar refractivity (Wildman–Crippen MR) is 132 cm³/mol. The number of aromatic nitrogens is 4. The van der Waals surface area contributed by atoms with E-state index >= 15 is 0 Å². The summed E-state index contributed by atoms with van der Waals surface area (Å²) in [6.07, 6.45) is 2.54. The summed E-state index contributed by atoms with van der Waals surface area (Å²) in [5.74, 6) is 1.75. The van der Waals surface area contributed by atoms with E-state index in [-0.39, 0.29) is 0 Å². The van der Waals surface area contributed by atoms with Gasteiger partial charge in [-0.25, -0.2) is 4.98 Å². The maximum Gasteiger partial charge on any atom is 0.196 e. The van der Waals surface area contributed by atoms with Gasteiger partial charge in [-0.05, 0) is 56.6 Å². The van der Waals surface area contributed by atoms with E-state index in [0.29, 0.717) is 0 Å². The molecule has 0 spiro atoms. The molecule has 0 aliphatic carbocycles. The van der Waals surface area contributed by atoms with E-state index in [1.165, 1.54) is 18.4 Å². The van der Waals surface area contributed by atoms with Crippen molar-refractivity contribution in [3.05, 3.63) is 77.1 Å². The monoisotopic (exact) mass is 462 g/mol. The maximum atomic E-state index is 4.78. The number of anilines is 2. The summed E-state index contributed by atoms with van der Waals surface area (Å²) >= 11 is 3.31. The summed E-state index contributed by atoms with van der Waals surface area (Å²) in [6, 6.07) is 18.7. The van der Waals surface area contributed by atoms with E-state index in [4.69, 9.17) is 4.98 Å². The molecule has 2 aromatic carbocycles. The van der Waals surface area contributed by atoms with Crippen molar-refractivity contribution in [3.8, 4) is 5.69 Å². The second kappa shape index (κ2) is 9.85. The molecule has 0 amide bonds. The Labute approximate surface area is 196 Å². The number of rotatable bonds is 8. The molecule has 32 heavy (non-hydrogen) atoms. The minimum atomic E-state index is 0.751. The van der Waals surface area contributed by atoms with Crippen molar-refractivity contribution in [2.24, 2.45) is 0 Å². The van der Waals surface area contributed by atoms with Crippen LogP contribution in [0.2, 0.25) is 0 Å². The molecule has 4 aromatic rings. The van der Waals surface area contributed by atoms with Gasteiger partial charge in [-0.3, -0.25) is 9.47 Å². The van der Waals surface area contributed by atoms with Crippen LogP contribution in [0.15, 0.2) is 65.1 Å². The molecule has 2 aromatic heterocycles. The molecule has 1 aliphatic rings. The number of hydrogen-bond acceptors (Lipinski definition) is 7. The molecule has 0 atom stereocenters. The third kappa shape index (κ3) is 4.87. The molecule has 0 radical (unpaired) electrons. The molecule has 1 saturated heterocycles. The molecular formula is C24H26N6S2. The molecule has 6 nitrogen and oxygen atoms in total. The lowest BCUT2D eigenvalue weighted by Crippen LogP contribution is -2.21. The fourth-order valence-corrected chi connectivity index (χ4v) is 5.56. The van der Waals surface area contributed by atoms with Gasteiger partial charge in [0.15, 0.2) is 16.1 Å². The van der Waals surface area contributed by atoms with Gasteiger partial charge in [0.1, 0.15) is 0 Å². The van der Waals surface area contributed by atoms with Gasteiger partial charge in [-0.1, -0.05) is 48.2 Å². The van der Waals surface area contributed by atoms with Gasteiger partial charge in [-0.2, -0.15) is 0 Å². The van der Waals surface area contributed by atoms with Crippen molar-refractivity contribution in [2.45, 2.75) is 37.2 Å². The number of aryl methyl sites for hydroxylation is 1. The summed E-state index contributed by atoms with van der Waals surface area (Å²) < 4.78 is 2.20. The van der Waals surface area contributed by atoms with E-state index in [0.717, 1.165) is 58.6 Å². The Bertz CT molecular complexity index is 1160. The summed E-state index contributed by atoms with van der Waals surface area (Å²) in [5, 5.41) is 16.5. The molecule has 8 heteroatoms. The molecule has 1 aliphatic heterocycles. The van der Waals surface area contributed by atoms with Gasteiger partial charge >= 0.3 is 0 Å². The van der Waals surface area contributed by atoms with Crippen LogP contribution in [0.5, 0.6) is 0 Å². The van der Waals surface area contributed by atoms with E-state index in [1.54, 1.807) is 23.1 Å². The first kappa shape index (κ1) is 21.2. The van der Waals surface area contributed by atoms with Crippen molar-refractivity contribution < 1.29 is 0 Å². The molecule has 0 unspecified atom stereocenters. The molecule has 5 rings (SSSR count). The van der Waals surface area contributed by atoms with Crippen LogP contribution in [-0.4, -0.2) is 37.7 Å². The average Bonchev–Trinajstić information content (AvgIpc) is 3.57. The van der Waals surface area contributed by atoms with Crippen molar-refractivity contribution in [1.29, 1.82) is 0 Å². The van der Waals surface area contributed by atoms with Crippen LogP contribution < -0.4 is 5.32 Å². The lowest BCUT2D eigenvalue weighted by molar-refractivity contribution is 0.319. The molecule has 0 bridgehead atoms. The van der Waals surface area contributed by atoms with Gasteiger partial charge in [0.2, 0.25) is 0 Å². The molecule has 3 heterocycles. The quantitative estimate of drug-likeness (QED) is 0.341. The standard InChI is InChI=1S/C24H26N6S2/c1-18-9-5-6-12-21(18)26-23-25-19(16-31-23)17-32-24-28-27-22(15-29-13-7-8-14-29)30(24)20-10-3-2-4-11-20/h2-6,9-12,16H,7-8,13-15,17H2,1H3,(H,25,26). The summed E-state index contributed by atoms with van der Waals surface area (Å²) in [4.78, 5) is 7.24. The third-order valence-corrected chi connectivity index (χ3v) is 7.34. The zero-order chi connectivity index (χ0) is 21.8. The highest BCUT2D eigenvalue weighted by Crippen LogP contribution is 2.29. The molecule has 1 N–H and O–H groups in total. The van der Waals surface area contributed by atoms with Crippen molar-refractivity contribution >= 4 is 33.9 Å². The fraction of sp³-hybridized carbons (Fsp3) is 0.292.